The van der Waals surface area contributed by atoms with E-state index in [0.717, 1.165) is 5.56 Å². The quantitative estimate of drug-likeness (QED) is 0.805. The molecule has 1 amide bonds. The van der Waals surface area contributed by atoms with Crippen LogP contribution in [0.1, 0.15) is 32.4 Å². The van der Waals surface area contributed by atoms with Crippen LogP contribution in [0.2, 0.25) is 0 Å². The minimum atomic E-state index is -0.547. The van der Waals surface area contributed by atoms with E-state index in [1.54, 1.807) is 12.2 Å². The van der Waals surface area contributed by atoms with Gasteiger partial charge in [-0.2, -0.15) is 0 Å². The van der Waals surface area contributed by atoms with E-state index in [1.807, 2.05) is 45.0 Å². The minimum absolute atomic E-state index is 0.388. The lowest BCUT2D eigenvalue weighted by molar-refractivity contribution is 0.0513. The molecule has 1 atom stereocenters. The molecule has 0 aliphatic heterocycles. The maximum Gasteiger partial charge on any atom is 0.408 e. The lowest BCUT2D eigenvalue weighted by Gasteiger charge is -2.23. The van der Waals surface area contributed by atoms with E-state index in [0.29, 0.717) is 12.4 Å². The normalized spacial score (nSPS) is 12.1. The molecule has 1 N–H and O–H groups in total. The molecule has 1 aromatic rings. The first kappa shape index (κ1) is 16.8. The summed E-state index contributed by atoms with van der Waals surface area (Å²) in [6, 6.07) is 7.08. The van der Waals surface area contributed by atoms with Gasteiger partial charge in [-0.15, -0.1) is 6.58 Å². The summed E-state index contributed by atoms with van der Waals surface area (Å²) in [5, 5.41) is 2.77. The Morgan fingerprint density at radius 3 is 2.57 bits per heavy atom. The van der Waals surface area contributed by atoms with Crippen molar-refractivity contribution >= 4 is 6.09 Å². The molecule has 0 aromatic heterocycles. The molecule has 0 saturated heterocycles. The number of carbonyl (C=O) groups excluding carboxylic acids is 1. The topological polar surface area (TPSA) is 47.6 Å². The summed E-state index contributed by atoms with van der Waals surface area (Å²) in [6.45, 7) is 13.2. The van der Waals surface area contributed by atoms with Crippen LogP contribution < -0.4 is 10.1 Å². The van der Waals surface area contributed by atoms with Gasteiger partial charge in [0.15, 0.2) is 0 Å². The Morgan fingerprint density at radius 1 is 1.33 bits per heavy atom. The van der Waals surface area contributed by atoms with Crippen molar-refractivity contribution in [3.63, 3.8) is 0 Å². The van der Waals surface area contributed by atoms with Crippen LogP contribution in [0.5, 0.6) is 5.75 Å². The Balaban J connectivity index is 2.87. The fraction of sp³-hybridized carbons (Fsp3) is 0.353. The van der Waals surface area contributed by atoms with Gasteiger partial charge in [0.1, 0.15) is 18.0 Å². The van der Waals surface area contributed by atoms with Gasteiger partial charge in [-0.05, 0) is 26.8 Å². The van der Waals surface area contributed by atoms with Crippen molar-refractivity contribution < 1.29 is 14.3 Å². The number of hydrogen-bond donors (Lipinski definition) is 1. The summed E-state index contributed by atoms with van der Waals surface area (Å²) in [7, 11) is 0. The predicted octanol–water partition coefficient (Wildman–Crippen LogP) is 4.00. The molecule has 4 heteroatoms. The summed E-state index contributed by atoms with van der Waals surface area (Å²) in [5.74, 6) is 0.679. The summed E-state index contributed by atoms with van der Waals surface area (Å²) in [4.78, 5) is 11.9. The van der Waals surface area contributed by atoms with Gasteiger partial charge in [-0.1, -0.05) is 36.9 Å². The summed E-state index contributed by atoms with van der Waals surface area (Å²) < 4.78 is 10.9. The molecular formula is C17H23NO3. The molecule has 0 aliphatic carbocycles. The van der Waals surface area contributed by atoms with Crippen LogP contribution in [0.15, 0.2) is 49.6 Å². The van der Waals surface area contributed by atoms with Crippen molar-refractivity contribution in [2.45, 2.75) is 32.4 Å². The first-order valence-corrected chi connectivity index (χ1v) is 6.82. The van der Waals surface area contributed by atoms with Gasteiger partial charge in [0, 0.05) is 5.56 Å². The number of para-hydroxylation sites is 1. The Morgan fingerprint density at radius 2 is 2.00 bits per heavy atom. The molecule has 1 aromatic carbocycles. The second-order valence-electron chi connectivity index (χ2n) is 5.50. The Bertz CT molecular complexity index is 503. The number of rotatable bonds is 6. The zero-order valence-corrected chi connectivity index (χ0v) is 12.9. The highest BCUT2D eigenvalue weighted by molar-refractivity contribution is 5.69. The molecule has 0 heterocycles. The molecule has 114 valence electrons. The van der Waals surface area contributed by atoms with Crippen molar-refractivity contribution in [2.24, 2.45) is 0 Å². The Kier molecular flexibility index (Phi) is 6.03. The monoisotopic (exact) mass is 289 g/mol. The fourth-order valence-corrected chi connectivity index (χ4v) is 1.72. The van der Waals surface area contributed by atoms with Crippen LogP contribution in [0.3, 0.4) is 0 Å². The summed E-state index contributed by atoms with van der Waals surface area (Å²) in [6.07, 6.45) is 2.81. The highest BCUT2D eigenvalue weighted by Gasteiger charge is 2.20. The van der Waals surface area contributed by atoms with Gasteiger partial charge in [0.25, 0.3) is 0 Å². The number of ether oxygens (including phenoxy) is 2. The van der Waals surface area contributed by atoms with Gasteiger partial charge < -0.3 is 14.8 Å². The minimum Gasteiger partial charge on any atom is -0.489 e. The molecule has 0 fully saturated rings. The average Bonchev–Trinajstić information content (AvgIpc) is 2.41. The Labute approximate surface area is 126 Å². The third-order valence-electron chi connectivity index (χ3n) is 2.52. The van der Waals surface area contributed by atoms with Crippen LogP contribution in [-0.4, -0.2) is 18.3 Å². The molecule has 0 saturated carbocycles. The smallest absolute Gasteiger partial charge is 0.408 e. The number of nitrogens with one attached hydrogen (secondary N) is 1. The van der Waals surface area contributed by atoms with E-state index in [2.05, 4.69) is 18.5 Å². The molecule has 4 nitrogen and oxygen atoms in total. The van der Waals surface area contributed by atoms with E-state index in [4.69, 9.17) is 9.47 Å². The van der Waals surface area contributed by atoms with Crippen molar-refractivity contribution in [2.75, 3.05) is 6.61 Å². The fourth-order valence-electron chi connectivity index (χ4n) is 1.72. The van der Waals surface area contributed by atoms with Gasteiger partial charge in [-0.3, -0.25) is 0 Å². The van der Waals surface area contributed by atoms with E-state index in [1.165, 1.54) is 0 Å². The molecule has 0 aliphatic rings. The summed E-state index contributed by atoms with van der Waals surface area (Å²) in [5.41, 5.74) is 0.273. The lowest BCUT2D eigenvalue weighted by Crippen LogP contribution is -2.34. The number of benzene rings is 1. The van der Waals surface area contributed by atoms with Crippen LogP contribution in [-0.2, 0) is 4.74 Å². The van der Waals surface area contributed by atoms with E-state index < -0.39 is 11.7 Å². The maximum atomic E-state index is 11.9. The third-order valence-corrected chi connectivity index (χ3v) is 2.52. The standard InChI is InChI=1S/C17H23NO3/c1-6-12-20-15-11-9-8-10-13(15)14(7-2)18-16(19)21-17(3,4)5/h6-11,14H,1-2,12H2,3-5H3,(H,18,19). The van der Waals surface area contributed by atoms with Gasteiger partial charge in [-0.25, -0.2) is 4.79 Å². The van der Waals surface area contributed by atoms with Crippen molar-refractivity contribution in [1.82, 2.24) is 5.32 Å². The van der Waals surface area contributed by atoms with Crippen LogP contribution >= 0.6 is 0 Å². The van der Waals surface area contributed by atoms with Gasteiger partial charge in [0.2, 0.25) is 0 Å². The second-order valence-corrected chi connectivity index (χ2v) is 5.50. The average molecular weight is 289 g/mol. The zero-order chi connectivity index (χ0) is 15.9. The van der Waals surface area contributed by atoms with E-state index in [-0.39, 0.29) is 6.04 Å². The number of hydrogen-bond acceptors (Lipinski definition) is 3. The van der Waals surface area contributed by atoms with Gasteiger partial charge >= 0.3 is 6.09 Å². The van der Waals surface area contributed by atoms with Crippen LogP contribution in [0.4, 0.5) is 4.79 Å². The molecule has 0 spiro atoms. The van der Waals surface area contributed by atoms with Crippen LogP contribution in [0, 0.1) is 0 Å². The van der Waals surface area contributed by atoms with Crippen LogP contribution in [0.25, 0.3) is 0 Å². The number of carbonyl (C=O) groups is 1. The molecule has 1 unspecified atom stereocenters. The van der Waals surface area contributed by atoms with Crippen molar-refractivity contribution in [3.05, 3.63) is 55.1 Å². The molecule has 21 heavy (non-hydrogen) atoms. The summed E-state index contributed by atoms with van der Waals surface area (Å²) >= 11 is 0. The zero-order valence-electron chi connectivity index (χ0n) is 12.9. The largest absolute Gasteiger partial charge is 0.489 e. The number of amides is 1. The van der Waals surface area contributed by atoms with Crippen molar-refractivity contribution in [3.8, 4) is 5.75 Å². The van der Waals surface area contributed by atoms with E-state index >= 15 is 0 Å². The van der Waals surface area contributed by atoms with Crippen molar-refractivity contribution in [1.29, 1.82) is 0 Å². The Hall–Kier alpha value is -2.23. The first-order valence-electron chi connectivity index (χ1n) is 6.82. The molecule has 1 rings (SSSR count). The molecular weight excluding hydrogens is 266 g/mol. The van der Waals surface area contributed by atoms with Gasteiger partial charge in [0.05, 0.1) is 6.04 Å². The molecule has 0 bridgehead atoms. The first-order chi connectivity index (χ1) is 9.87. The SMILES string of the molecule is C=CCOc1ccccc1C(C=C)NC(=O)OC(C)(C)C. The highest BCUT2D eigenvalue weighted by atomic mass is 16.6. The second kappa shape index (κ2) is 7.53. The lowest BCUT2D eigenvalue weighted by atomic mass is 10.1. The predicted molar refractivity (Wildman–Crippen MR) is 84.4 cm³/mol. The van der Waals surface area contributed by atoms with E-state index in [9.17, 15) is 4.79 Å². The highest BCUT2D eigenvalue weighted by Crippen LogP contribution is 2.26. The third kappa shape index (κ3) is 5.73. The number of alkyl carbamates (subject to hydrolysis) is 1. The maximum absolute atomic E-state index is 11.9. The molecule has 0 radical (unpaired) electrons.